The summed E-state index contributed by atoms with van der Waals surface area (Å²) in [4.78, 5) is 11.4. The Morgan fingerprint density at radius 3 is 3.07 bits per heavy atom. The number of nitrogens with one attached hydrogen (secondary N) is 2. The summed E-state index contributed by atoms with van der Waals surface area (Å²) in [6, 6.07) is 4.29. The first-order valence-electron chi connectivity index (χ1n) is 4.56. The van der Waals surface area contributed by atoms with Gasteiger partial charge in [0.15, 0.2) is 0 Å². The highest BCUT2D eigenvalue weighted by atomic mass is 19.1. The maximum atomic E-state index is 13.2. The van der Waals surface area contributed by atoms with E-state index in [-0.39, 0.29) is 11.7 Å². The highest BCUT2D eigenvalue weighted by Crippen LogP contribution is 2.32. The largest absolute Gasteiger partial charge is 0.322 e. The summed E-state index contributed by atoms with van der Waals surface area (Å²) in [7, 11) is 0. The fraction of sp³-hybridized carbons (Fsp3) is 0.300. The second-order valence-corrected chi connectivity index (χ2v) is 3.18. The van der Waals surface area contributed by atoms with Gasteiger partial charge in [0.1, 0.15) is 11.9 Å². The molecule has 0 aromatic heterocycles. The fourth-order valence-electron chi connectivity index (χ4n) is 1.66. The van der Waals surface area contributed by atoms with E-state index in [1.54, 1.807) is 12.1 Å². The summed E-state index contributed by atoms with van der Waals surface area (Å²) in [5.41, 5.74) is 1.00. The summed E-state index contributed by atoms with van der Waals surface area (Å²) in [6.45, 7) is 2.58. The molecule has 0 spiro atoms. The lowest BCUT2D eigenvalue weighted by Gasteiger charge is -2.08. The molecule has 0 saturated heterocycles. The van der Waals surface area contributed by atoms with Gasteiger partial charge < -0.3 is 10.6 Å². The molecule has 3 nitrogen and oxygen atoms in total. The van der Waals surface area contributed by atoms with Gasteiger partial charge in [0.05, 0.1) is 5.69 Å². The summed E-state index contributed by atoms with van der Waals surface area (Å²) >= 11 is 0. The lowest BCUT2D eigenvalue weighted by atomic mass is 10.1. The molecule has 0 aliphatic carbocycles. The number of halogens is 1. The van der Waals surface area contributed by atoms with Crippen LogP contribution in [0.15, 0.2) is 18.2 Å². The molecule has 1 heterocycles. The number of benzene rings is 1. The second kappa shape index (κ2) is 3.38. The number of anilines is 1. The van der Waals surface area contributed by atoms with Gasteiger partial charge in [0.25, 0.3) is 0 Å². The van der Waals surface area contributed by atoms with Gasteiger partial charge in [-0.05, 0) is 12.6 Å². The molecule has 1 aliphatic heterocycles. The van der Waals surface area contributed by atoms with E-state index < -0.39 is 6.04 Å². The third-order valence-electron chi connectivity index (χ3n) is 2.28. The van der Waals surface area contributed by atoms with E-state index in [9.17, 15) is 9.18 Å². The first-order valence-corrected chi connectivity index (χ1v) is 4.56. The van der Waals surface area contributed by atoms with E-state index in [1.807, 2.05) is 6.92 Å². The van der Waals surface area contributed by atoms with E-state index in [1.165, 1.54) is 6.07 Å². The van der Waals surface area contributed by atoms with Gasteiger partial charge in [-0.3, -0.25) is 4.79 Å². The van der Waals surface area contributed by atoms with Crippen LogP contribution in [0.5, 0.6) is 0 Å². The molecule has 2 N–H and O–H groups in total. The Kier molecular flexibility index (Phi) is 2.21. The predicted molar refractivity (Wildman–Crippen MR) is 51.4 cm³/mol. The molecule has 1 aromatic carbocycles. The SMILES string of the molecule is CCNC1C(=O)Nc2c(F)cccc21. The van der Waals surface area contributed by atoms with Crippen LogP contribution < -0.4 is 10.6 Å². The lowest BCUT2D eigenvalue weighted by Crippen LogP contribution is -2.27. The normalized spacial score (nSPS) is 19.3. The number of carbonyl (C=O) groups is 1. The summed E-state index contributed by atoms with van der Waals surface area (Å²) in [5.74, 6) is -0.566. The minimum atomic E-state index is -0.411. The standard InChI is InChI=1S/C10H11FN2O/c1-2-12-9-6-4-3-5-7(11)8(6)13-10(9)14/h3-5,9,12H,2H2,1H3,(H,13,14). The monoisotopic (exact) mass is 194 g/mol. The van der Waals surface area contributed by atoms with Crippen molar-refractivity contribution in [2.75, 3.05) is 11.9 Å². The van der Waals surface area contributed by atoms with Gasteiger partial charge >= 0.3 is 0 Å². The zero-order valence-corrected chi connectivity index (χ0v) is 7.80. The van der Waals surface area contributed by atoms with E-state index in [0.717, 1.165) is 0 Å². The van der Waals surface area contributed by atoms with Gasteiger partial charge in [-0.25, -0.2) is 4.39 Å². The van der Waals surface area contributed by atoms with E-state index >= 15 is 0 Å². The number of likely N-dealkylation sites (N-methyl/N-ethyl adjacent to an activating group) is 1. The Balaban J connectivity index is 2.42. The van der Waals surface area contributed by atoms with Gasteiger partial charge in [-0.15, -0.1) is 0 Å². The van der Waals surface area contributed by atoms with Gasteiger partial charge in [-0.2, -0.15) is 0 Å². The Hall–Kier alpha value is -1.42. The van der Waals surface area contributed by atoms with Crippen LogP contribution in [-0.4, -0.2) is 12.5 Å². The van der Waals surface area contributed by atoms with Crippen molar-refractivity contribution in [1.82, 2.24) is 5.32 Å². The molecular formula is C10H11FN2O. The van der Waals surface area contributed by atoms with Crippen LogP contribution in [-0.2, 0) is 4.79 Å². The molecule has 0 bridgehead atoms. The zero-order chi connectivity index (χ0) is 10.1. The van der Waals surface area contributed by atoms with Crippen LogP contribution in [0, 0.1) is 5.82 Å². The van der Waals surface area contributed by atoms with Gasteiger partial charge in [0, 0.05) is 5.56 Å². The Bertz CT molecular complexity index is 378. The molecule has 74 valence electrons. The molecule has 1 aromatic rings. The zero-order valence-electron chi connectivity index (χ0n) is 7.80. The van der Waals surface area contributed by atoms with E-state index in [2.05, 4.69) is 10.6 Å². The number of fused-ring (bicyclic) bond motifs is 1. The molecule has 14 heavy (non-hydrogen) atoms. The average Bonchev–Trinajstić information content (AvgIpc) is 2.47. The molecular weight excluding hydrogens is 183 g/mol. The van der Waals surface area contributed by atoms with Crippen molar-refractivity contribution in [2.24, 2.45) is 0 Å². The molecule has 4 heteroatoms. The molecule has 1 amide bonds. The molecule has 1 aliphatic rings. The summed E-state index contributed by atoms with van der Waals surface area (Å²) < 4.78 is 13.2. The van der Waals surface area contributed by atoms with Gasteiger partial charge in [-0.1, -0.05) is 19.1 Å². The maximum Gasteiger partial charge on any atom is 0.246 e. The average molecular weight is 194 g/mol. The highest BCUT2D eigenvalue weighted by Gasteiger charge is 2.31. The Labute approximate surface area is 81.3 Å². The predicted octanol–water partition coefficient (Wildman–Crippen LogP) is 1.43. The number of hydrogen-bond acceptors (Lipinski definition) is 2. The molecule has 1 unspecified atom stereocenters. The topological polar surface area (TPSA) is 41.1 Å². The Morgan fingerprint density at radius 1 is 1.57 bits per heavy atom. The van der Waals surface area contributed by atoms with Crippen LogP contribution in [0.2, 0.25) is 0 Å². The molecule has 0 fully saturated rings. The van der Waals surface area contributed by atoms with Gasteiger partial charge in [0.2, 0.25) is 5.91 Å². The number of rotatable bonds is 2. The quantitative estimate of drug-likeness (QED) is 0.747. The van der Waals surface area contributed by atoms with Crippen LogP contribution in [0.1, 0.15) is 18.5 Å². The lowest BCUT2D eigenvalue weighted by molar-refractivity contribution is -0.117. The van der Waals surface area contributed by atoms with Crippen LogP contribution in [0.25, 0.3) is 0 Å². The van der Waals surface area contributed by atoms with Crippen LogP contribution in [0.4, 0.5) is 10.1 Å². The third-order valence-corrected chi connectivity index (χ3v) is 2.28. The molecule has 0 saturated carbocycles. The van der Waals surface area contributed by atoms with Crippen LogP contribution in [0.3, 0.4) is 0 Å². The number of hydrogen-bond donors (Lipinski definition) is 2. The van der Waals surface area contributed by atoms with E-state index in [0.29, 0.717) is 17.8 Å². The molecule has 2 rings (SSSR count). The second-order valence-electron chi connectivity index (χ2n) is 3.18. The minimum Gasteiger partial charge on any atom is -0.322 e. The van der Waals surface area contributed by atoms with Crippen molar-refractivity contribution in [3.05, 3.63) is 29.6 Å². The maximum absolute atomic E-state index is 13.2. The first-order chi connectivity index (χ1) is 6.74. The van der Waals surface area contributed by atoms with Crippen molar-refractivity contribution < 1.29 is 9.18 Å². The van der Waals surface area contributed by atoms with Crippen molar-refractivity contribution >= 4 is 11.6 Å². The number of amides is 1. The van der Waals surface area contributed by atoms with Crippen molar-refractivity contribution in [2.45, 2.75) is 13.0 Å². The summed E-state index contributed by atoms with van der Waals surface area (Å²) in [6.07, 6.45) is 0. The number of para-hydroxylation sites is 1. The van der Waals surface area contributed by atoms with Crippen molar-refractivity contribution in [3.8, 4) is 0 Å². The Morgan fingerprint density at radius 2 is 2.36 bits per heavy atom. The minimum absolute atomic E-state index is 0.188. The van der Waals surface area contributed by atoms with Crippen molar-refractivity contribution in [3.63, 3.8) is 0 Å². The smallest absolute Gasteiger partial charge is 0.246 e. The number of carbonyl (C=O) groups excluding carboxylic acids is 1. The van der Waals surface area contributed by atoms with Crippen molar-refractivity contribution in [1.29, 1.82) is 0 Å². The van der Waals surface area contributed by atoms with Crippen LogP contribution >= 0.6 is 0 Å². The van der Waals surface area contributed by atoms with E-state index in [4.69, 9.17) is 0 Å². The first kappa shape index (κ1) is 9.15. The molecule has 0 radical (unpaired) electrons. The highest BCUT2D eigenvalue weighted by molar-refractivity contribution is 6.02. The molecule has 1 atom stereocenters. The third kappa shape index (κ3) is 1.28. The fourth-order valence-corrected chi connectivity index (χ4v) is 1.66. The summed E-state index contributed by atoms with van der Waals surface area (Å²) in [5, 5.41) is 5.52.